The van der Waals surface area contributed by atoms with Crippen LogP contribution in [0.4, 0.5) is 9.18 Å². The van der Waals surface area contributed by atoms with Gasteiger partial charge in [-0.15, -0.1) is 0 Å². The smallest absolute Gasteiger partial charge is 0.409 e. The zero-order chi connectivity index (χ0) is 13.9. The molecule has 1 fully saturated rings. The van der Waals surface area contributed by atoms with Crippen molar-refractivity contribution in [1.29, 1.82) is 0 Å². The molecule has 19 heavy (non-hydrogen) atoms. The number of ether oxygens (including phenoxy) is 1. The predicted octanol–water partition coefficient (Wildman–Crippen LogP) is 0.556. The molecule has 6 nitrogen and oxygen atoms in total. The summed E-state index contributed by atoms with van der Waals surface area (Å²) in [6, 6.07) is 4.52. The van der Waals surface area contributed by atoms with Crippen LogP contribution < -0.4 is 4.72 Å². The number of hydrogen-bond donors (Lipinski definition) is 1. The molecule has 1 N–H and O–H groups in total. The fourth-order valence-corrected chi connectivity index (χ4v) is 2.66. The van der Waals surface area contributed by atoms with Gasteiger partial charge in [0, 0.05) is 13.1 Å². The number of carbonyl (C=O) groups is 1. The van der Waals surface area contributed by atoms with Crippen LogP contribution in [0.25, 0.3) is 0 Å². The summed E-state index contributed by atoms with van der Waals surface area (Å²) in [5.74, 6) is -0.501. The van der Waals surface area contributed by atoms with E-state index in [9.17, 15) is 17.6 Å². The Hall–Kier alpha value is -1.67. The summed E-state index contributed by atoms with van der Waals surface area (Å²) in [4.78, 5) is 12.5. The highest BCUT2D eigenvalue weighted by molar-refractivity contribution is 7.89. The van der Waals surface area contributed by atoms with Crippen LogP contribution in [0.1, 0.15) is 0 Å². The maximum atomic E-state index is 12.7. The topological polar surface area (TPSA) is 75.7 Å². The van der Waals surface area contributed by atoms with Crippen LogP contribution in [0.5, 0.6) is 0 Å². The van der Waals surface area contributed by atoms with E-state index in [4.69, 9.17) is 4.74 Å². The fourth-order valence-electron chi connectivity index (χ4n) is 1.64. The molecule has 0 spiro atoms. The number of halogens is 1. The first kappa shape index (κ1) is 13.8. The van der Waals surface area contributed by atoms with E-state index in [-0.39, 0.29) is 18.0 Å². The lowest BCUT2D eigenvalue weighted by Gasteiger charge is -2.13. The Kier molecular flexibility index (Phi) is 4.01. The summed E-state index contributed by atoms with van der Waals surface area (Å²) in [7, 11) is -3.68. The summed E-state index contributed by atoms with van der Waals surface area (Å²) in [5, 5.41) is 0. The summed E-state index contributed by atoms with van der Waals surface area (Å²) < 4.78 is 43.4. The van der Waals surface area contributed by atoms with Crippen LogP contribution >= 0.6 is 0 Å². The molecule has 1 heterocycles. The van der Waals surface area contributed by atoms with Gasteiger partial charge >= 0.3 is 6.09 Å². The Labute approximate surface area is 110 Å². The lowest BCUT2D eigenvalue weighted by molar-refractivity contribution is 0.159. The first-order valence-corrected chi connectivity index (χ1v) is 7.14. The predicted molar refractivity (Wildman–Crippen MR) is 64.5 cm³/mol. The van der Waals surface area contributed by atoms with Gasteiger partial charge < -0.3 is 9.64 Å². The van der Waals surface area contributed by atoms with E-state index in [1.807, 2.05) is 0 Å². The van der Waals surface area contributed by atoms with Crippen LogP contribution in [-0.4, -0.2) is 45.7 Å². The second kappa shape index (κ2) is 5.54. The number of nitrogens with one attached hydrogen (secondary N) is 1. The molecule has 0 aliphatic carbocycles. The first-order chi connectivity index (χ1) is 8.99. The molecule has 2 rings (SSSR count). The van der Waals surface area contributed by atoms with Crippen LogP contribution in [0.3, 0.4) is 0 Å². The summed E-state index contributed by atoms with van der Waals surface area (Å²) in [6.07, 6.45) is -0.444. The van der Waals surface area contributed by atoms with Gasteiger partial charge in [0.05, 0.1) is 11.4 Å². The van der Waals surface area contributed by atoms with Crippen molar-refractivity contribution in [1.82, 2.24) is 9.62 Å². The number of hydrogen-bond acceptors (Lipinski definition) is 4. The summed E-state index contributed by atoms with van der Waals surface area (Å²) in [5.41, 5.74) is 0. The lowest BCUT2D eigenvalue weighted by Crippen LogP contribution is -2.35. The molecule has 0 unspecified atom stereocenters. The van der Waals surface area contributed by atoms with Crippen molar-refractivity contribution in [3.63, 3.8) is 0 Å². The van der Waals surface area contributed by atoms with Gasteiger partial charge in [-0.1, -0.05) is 0 Å². The highest BCUT2D eigenvalue weighted by Crippen LogP contribution is 2.09. The minimum Gasteiger partial charge on any atom is -0.448 e. The second-order valence-electron chi connectivity index (χ2n) is 3.95. The van der Waals surface area contributed by atoms with Crippen LogP contribution in [0, 0.1) is 5.82 Å². The van der Waals surface area contributed by atoms with E-state index in [1.54, 1.807) is 0 Å². The van der Waals surface area contributed by atoms with Crippen LogP contribution in [0.2, 0.25) is 0 Å². The normalized spacial score (nSPS) is 15.6. The van der Waals surface area contributed by atoms with Gasteiger partial charge in [0.2, 0.25) is 10.0 Å². The fraction of sp³-hybridized carbons (Fsp3) is 0.364. The van der Waals surface area contributed by atoms with E-state index < -0.39 is 21.9 Å². The Morgan fingerprint density at radius 3 is 2.58 bits per heavy atom. The van der Waals surface area contributed by atoms with Crippen molar-refractivity contribution in [2.45, 2.75) is 4.90 Å². The van der Waals surface area contributed by atoms with E-state index in [1.165, 1.54) is 17.0 Å². The van der Waals surface area contributed by atoms with Crippen molar-refractivity contribution in [2.75, 3.05) is 26.2 Å². The van der Waals surface area contributed by atoms with Crippen molar-refractivity contribution >= 4 is 16.1 Å². The van der Waals surface area contributed by atoms with Gasteiger partial charge in [0.1, 0.15) is 12.4 Å². The molecule has 1 aromatic rings. The molecular formula is C11H13FN2O4S. The maximum Gasteiger partial charge on any atom is 0.409 e. The van der Waals surface area contributed by atoms with Gasteiger partial charge in [0.15, 0.2) is 0 Å². The number of nitrogens with zero attached hydrogens (tertiary/aromatic N) is 1. The van der Waals surface area contributed by atoms with Crippen molar-refractivity contribution in [3.05, 3.63) is 30.1 Å². The van der Waals surface area contributed by atoms with Gasteiger partial charge in [-0.25, -0.2) is 22.3 Å². The molecule has 0 radical (unpaired) electrons. The molecule has 1 aliphatic heterocycles. The van der Waals surface area contributed by atoms with Gasteiger partial charge in [-0.3, -0.25) is 0 Å². The molecule has 1 amide bonds. The molecule has 1 aromatic carbocycles. The number of carbonyl (C=O) groups excluding carboxylic acids is 1. The third kappa shape index (κ3) is 3.42. The average Bonchev–Trinajstić information content (AvgIpc) is 2.75. The summed E-state index contributed by atoms with van der Waals surface area (Å²) >= 11 is 0. The third-order valence-corrected chi connectivity index (χ3v) is 4.12. The highest BCUT2D eigenvalue weighted by Gasteiger charge is 2.22. The zero-order valence-electron chi connectivity index (χ0n) is 10.0. The first-order valence-electron chi connectivity index (χ1n) is 5.66. The number of benzene rings is 1. The Morgan fingerprint density at radius 1 is 1.32 bits per heavy atom. The van der Waals surface area contributed by atoms with E-state index >= 15 is 0 Å². The lowest BCUT2D eigenvalue weighted by atomic mass is 10.4. The molecule has 0 bridgehead atoms. The number of sulfonamides is 1. The van der Waals surface area contributed by atoms with Gasteiger partial charge in [-0.05, 0) is 24.3 Å². The highest BCUT2D eigenvalue weighted by atomic mass is 32.2. The zero-order valence-corrected chi connectivity index (χ0v) is 10.8. The quantitative estimate of drug-likeness (QED) is 0.859. The van der Waals surface area contributed by atoms with Crippen molar-refractivity contribution in [2.24, 2.45) is 0 Å². The van der Waals surface area contributed by atoms with Gasteiger partial charge in [-0.2, -0.15) is 0 Å². The van der Waals surface area contributed by atoms with E-state index in [0.717, 1.165) is 12.1 Å². The molecule has 0 aromatic heterocycles. The van der Waals surface area contributed by atoms with Gasteiger partial charge in [0.25, 0.3) is 0 Å². The minimum absolute atomic E-state index is 0.0158. The molecule has 104 valence electrons. The molecule has 1 saturated heterocycles. The Bertz CT molecular complexity index is 559. The average molecular weight is 288 g/mol. The minimum atomic E-state index is -3.68. The Morgan fingerprint density at radius 2 is 2.00 bits per heavy atom. The number of amides is 1. The molecule has 0 saturated carbocycles. The number of cyclic esters (lactones) is 1. The molecular weight excluding hydrogens is 275 g/mol. The standard InChI is InChI=1S/C11H13FN2O4S/c12-9-1-3-10(4-2-9)19(16,17)13-5-6-14-7-8-18-11(14)15/h1-4,13H,5-8H2. The van der Waals surface area contributed by atoms with E-state index in [0.29, 0.717) is 13.2 Å². The maximum absolute atomic E-state index is 12.7. The molecule has 0 atom stereocenters. The largest absolute Gasteiger partial charge is 0.448 e. The third-order valence-electron chi connectivity index (χ3n) is 2.64. The summed E-state index contributed by atoms with van der Waals surface area (Å²) in [6.45, 7) is 1.09. The van der Waals surface area contributed by atoms with Crippen LogP contribution in [0.15, 0.2) is 29.2 Å². The van der Waals surface area contributed by atoms with Crippen molar-refractivity contribution < 1.29 is 22.3 Å². The monoisotopic (exact) mass is 288 g/mol. The second-order valence-corrected chi connectivity index (χ2v) is 5.72. The number of rotatable bonds is 5. The van der Waals surface area contributed by atoms with Crippen LogP contribution in [-0.2, 0) is 14.8 Å². The Balaban J connectivity index is 1.91. The SMILES string of the molecule is O=C1OCCN1CCNS(=O)(=O)c1ccc(F)cc1. The van der Waals surface area contributed by atoms with Crippen molar-refractivity contribution in [3.8, 4) is 0 Å². The molecule has 1 aliphatic rings. The van der Waals surface area contributed by atoms with E-state index in [2.05, 4.69) is 4.72 Å². The molecule has 8 heteroatoms.